The Morgan fingerprint density at radius 1 is 0.385 bits per heavy atom. The van der Waals surface area contributed by atoms with E-state index in [0.29, 0.717) is 0 Å². The summed E-state index contributed by atoms with van der Waals surface area (Å²) in [5.74, 6) is 0.200. The summed E-state index contributed by atoms with van der Waals surface area (Å²) in [6.07, 6.45) is 10.1. The van der Waals surface area contributed by atoms with Crippen LogP contribution < -0.4 is 0 Å². The predicted octanol–water partition coefficient (Wildman–Crippen LogP) is 14.7. The number of benzene rings is 7. The molecule has 0 aliphatic heterocycles. The molecule has 0 bridgehead atoms. The van der Waals surface area contributed by atoms with E-state index >= 15 is 0 Å². The molecule has 0 spiro atoms. The summed E-state index contributed by atoms with van der Waals surface area (Å²) >= 11 is 0. The van der Waals surface area contributed by atoms with Crippen LogP contribution in [0.5, 0.6) is 5.75 Å². The first-order chi connectivity index (χ1) is 31.9. The Bertz CT molecular complexity index is 3640. The molecular formula is C59H41N5O. The highest BCUT2D eigenvalue weighted by Crippen LogP contribution is 2.44. The number of fused-ring (bicyclic) bond motifs is 6. The van der Waals surface area contributed by atoms with Gasteiger partial charge >= 0.3 is 0 Å². The van der Waals surface area contributed by atoms with Crippen molar-refractivity contribution < 1.29 is 5.11 Å². The van der Waals surface area contributed by atoms with Crippen LogP contribution in [0.15, 0.2) is 207 Å². The molecule has 1 N–H and O–H groups in total. The first-order valence-corrected chi connectivity index (χ1v) is 21.9. The summed E-state index contributed by atoms with van der Waals surface area (Å²) in [4.78, 5) is 14.2. The Hall–Kier alpha value is -8.61. The van der Waals surface area contributed by atoms with Gasteiger partial charge in [0.25, 0.3) is 0 Å². The fourth-order valence-corrected chi connectivity index (χ4v) is 9.61. The van der Waals surface area contributed by atoms with E-state index in [4.69, 9.17) is 9.97 Å². The van der Waals surface area contributed by atoms with Crippen molar-refractivity contribution in [3.05, 3.63) is 218 Å². The largest absolute Gasteiger partial charge is 0.507 e. The standard InChI is InChI=1S/C59H41N5O/c1-37-35-63-27-24-41-29-39(18-21-52(41)58(63)61-37)47-11-3-5-13-49(47)44-31-45(50-14-6-4-12-48(50)40-19-22-53-42(30-40)25-28-64-36-38(2)62-59(53)64)33-46(32-44)51-15-7-8-16-54(51)55-23-20-43(34-57(55)65)56-17-9-10-26-60-56/h3-36,65H,1-2H3. The number of imidazole rings is 2. The van der Waals surface area contributed by atoms with E-state index in [1.54, 1.807) is 6.20 Å². The predicted molar refractivity (Wildman–Crippen MR) is 266 cm³/mol. The average molecular weight is 836 g/mol. The quantitative estimate of drug-likeness (QED) is 0.174. The van der Waals surface area contributed by atoms with Crippen LogP contribution in [0.2, 0.25) is 0 Å². The molecular weight excluding hydrogens is 795 g/mol. The summed E-state index contributed by atoms with van der Waals surface area (Å²) in [6.45, 7) is 4.07. The molecule has 6 heteroatoms. The van der Waals surface area contributed by atoms with Crippen LogP contribution in [0.25, 0.3) is 111 Å². The van der Waals surface area contributed by atoms with Crippen LogP contribution in [0.1, 0.15) is 11.4 Å². The summed E-state index contributed by atoms with van der Waals surface area (Å²) < 4.78 is 4.19. The molecule has 65 heavy (non-hydrogen) atoms. The van der Waals surface area contributed by atoms with Crippen LogP contribution in [-0.4, -0.2) is 28.9 Å². The van der Waals surface area contributed by atoms with Crippen molar-refractivity contribution in [3.8, 4) is 83.8 Å². The van der Waals surface area contributed by atoms with Gasteiger partial charge in [0.1, 0.15) is 17.0 Å². The van der Waals surface area contributed by atoms with Crippen molar-refractivity contribution in [2.45, 2.75) is 13.8 Å². The zero-order chi connectivity index (χ0) is 43.6. The van der Waals surface area contributed by atoms with E-state index < -0.39 is 0 Å². The molecule has 308 valence electrons. The maximum absolute atomic E-state index is 11.7. The second-order valence-electron chi connectivity index (χ2n) is 16.8. The van der Waals surface area contributed by atoms with Crippen molar-refractivity contribution in [3.63, 3.8) is 0 Å². The molecule has 0 aliphatic carbocycles. The number of phenolic OH excluding ortho intramolecular Hbond substituents is 1. The van der Waals surface area contributed by atoms with Gasteiger partial charge in [0, 0.05) is 52.9 Å². The topological polar surface area (TPSA) is 67.7 Å². The summed E-state index contributed by atoms with van der Waals surface area (Å²) in [5.41, 5.74) is 18.3. The number of pyridine rings is 3. The van der Waals surface area contributed by atoms with E-state index in [1.807, 2.05) is 56.3 Å². The third-order valence-electron chi connectivity index (χ3n) is 12.6. The Morgan fingerprint density at radius 2 is 0.831 bits per heavy atom. The van der Waals surface area contributed by atoms with Gasteiger partial charge < -0.3 is 13.9 Å². The molecule has 7 aromatic carbocycles. The maximum Gasteiger partial charge on any atom is 0.144 e. The van der Waals surface area contributed by atoms with Gasteiger partial charge in [0.15, 0.2) is 0 Å². The fourth-order valence-electron chi connectivity index (χ4n) is 9.61. The number of rotatable bonds is 7. The van der Waals surface area contributed by atoms with Crippen molar-refractivity contribution in [1.82, 2.24) is 23.8 Å². The molecule has 12 aromatic rings. The average Bonchev–Trinajstić information content (AvgIpc) is 3.95. The van der Waals surface area contributed by atoms with Gasteiger partial charge in [-0.05, 0) is 153 Å². The summed E-state index contributed by atoms with van der Waals surface area (Å²) in [5, 5.41) is 16.2. The van der Waals surface area contributed by atoms with E-state index in [-0.39, 0.29) is 5.75 Å². The van der Waals surface area contributed by atoms with E-state index in [9.17, 15) is 5.11 Å². The molecule has 0 fully saturated rings. The van der Waals surface area contributed by atoms with Crippen LogP contribution >= 0.6 is 0 Å². The van der Waals surface area contributed by atoms with Crippen LogP contribution in [-0.2, 0) is 0 Å². The Balaban J connectivity index is 1.05. The van der Waals surface area contributed by atoms with Gasteiger partial charge in [-0.25, -0.2) is 9.97 Å². The maximum atomic E-state index is 11.7. The third-order valence-corrected chi connectivity index (χ3v) is 12.6. The monoisotopic (exact) mass is 835 g/mol. The molecule has 0 saturated heterocycles. The minimum atomic E-state index is 0.200. The zero-order valence-corrected chi connectivity index (χ0v) is 35.8. The first-order valence-electron chi connectivity index (χ1n) is 21.9. The SMILES string of the molecule is Cc1cn2ccc3cc(-c4ccccc4-c4cc(-c5ccccc5-c5ccc6c(ccn7cc(C)nc67)c5)cc(-c5ccccc5-c5ccc(-c6ccccn6)cc5O)c4)ccc3c2n1. The summed E-state index contributed by atoms with van der Waals surface area (Å²) in [7, 11) is 0. The molecule has 6 nitrogen and oxygen atoms in total. The number of nitrogens with zero attached hydrogens (tertiary/aromatic N) is 5. The number of hydrogen-bond acceptors (Lipinski definition) is 4. The Morgan fingerprint density at radius 3 is 1.31 bits per heavy atom. The lowest BCUT2D eigenvalue weighted by molar-refractivity contribution is 0.477. The number of hydrogen-bond donors (Lipinski definition) is 1. The van der Waals surface area contributed by atoms with E-state index in [1.165, 1.54) is 0 Å². The molecule has 0 saturated carbocycles. The lowest BCUT2D eigenvalue weighted by Gasteiger charge is -2.18. The molecule has 5 heterocycles. The zero-order valence-electron chi connectivity index (χ0n) is 35.8. The normalized spacial score (nSPS) is 11.6. The van der Waals surface area contributed by atoms with Crippen LogP contribution in [0, 0.1) is 13.8 Å². The molecule has 12 rings (SSSR count). The smallest absolute Gasteiger partial charge is 0.144 e. The van der Waals surface area contributed by atoms with Crippen molar-refractivity contribution >= 4 is 32.8 Å². The van der Waals surface area contributed by atoms with E-state index in [0.717, 1.165) is 122 Å². The highest BCUT2D eigenvalue weighted by Gasteiger charge is 2.19. The molecule has 0 atom stereocenters. The Kier molecular flexibility index (Phi) is 8.98. The molecule has 0 aliphatic rings. The van der Waals surface area contributed by atoms with Gasteiger partial charge in [-0.2, -0.15) is 0 Å². The highest BCUT2D eigenvalue weighted by atomic mass is 16.3. The lowest BCUT2D eigenvalue weighted by Crippen LogP contribution is -1.93. The highest BCUT2D eigenvalue weighted by molar-refractivity contribution is 6.01. The number of phenols is 1. The first kappa shape index (κ1) is 38.1. The second-order valence-corrected chi connectivity index (χ2v) is 16.8. The van der Waals surface area contributed by atoms with Crippen LogP contribution in [0.4, 0.5) is 0 Å². The van der Waals surface area contributed by atoms with Crippen molar-refractivity contribution in [2.75, 3.05) is 0 Å². The van der Waals surface area contributed by atoms with Gasteiger partial charge in [0.2, 0.25) is 0 Å². The minimum Gasteiger partial charge on any atom is -0.507 e. The second kappa shape index (κ2) is 15.3. The number of aryl methyl sites for hydroxylation is 2. The minimum absolute atomic E-state index is 0.200. The molecule has 0 amide bonds. The number of aromatic nitrogens is 5. The molecule has 5 aromatic heterocycles. The van der Waals surface area contributed by atoms with Gasteiger partial charge in [-0.15, -0.1) is 0 Å². The van der Waals surface area contributed by atoms with Crippen molar-refractivity contribution in [1.29, 1.82) is 0 Å². The van der Waals surface area contributed by atoms with Gasteiger partial charge in [-0.3, -0.25) is 4.98 Å². The van der Waals surface area contributed by atoms with Gasteiger partial charge in [0.05, 0.1) is 17.1 Å². The lowest BCUT2D eigenvalue weighted by atomic mass is 9.86. The Labute approximate surface area is 376 Å². The van der Waals surface area contributed by atoms with Crippen molar-refractivity contribution in [2.24, 2.45) is 0 Å². The van der Waals surface area contributed by atoms with Gasteiger partial charge in [-0.1, -0.05) is 109 Å². The molecule has 0 unspecified atom stereocenters. The fraction of sp³-hybridized carbons (Fsp3) is 0.0339. The third kappa shape index (κ3) is 6.71. The summed E-state index contributed by atoms with van der Waals surface area (Å²) in [6, 6.07) is 62.1. The van der Waals surface area contributed by atoms with Crippen LogP contribution in [0.3, 0.4) is 0 Å². The van der Waals surface area contributed by atoms with E-state index in [2.05, 4.69) is 172 Å². The molecule has 0 radical (unpaired) electrons. The number of aromatic hydroxyl groups is 1.